The monoisotopic (exact) mass is 373 g/mol. The molecule has 0 radical (unpaired) electrons. The van der Waals surface area contributed by atoms with E-state index in [0.29, 0.717) is 16.7 Å². The molecular weight excluding hydrogens is 354 g/mol. The fourth-order valence-electron chi connectivity index (χ4n) is 3.14. The van der Waals surface area contributed by atoms with Crippen LogP contribution >= 0.6 is 0 Å². The third kappa shape index (κ3) is 3.71. The van der Waals surface area contributed by atoms with Crippen LogP contribution in [0.1, 0.15) is 23.8 Å². The van der Waals surface area contributed by atoms with Gasteiger partial charge in [0, 0.05) is 13.0 Å². The summed E-state index contributed by atoms with van der Waals surface area (Å²) in [6, 6.07) is 20.0. The van der Waals surface area contributed by atoms with Crippen LogP contribution < -0.4 is 10.9 Å². The molecule has 4 aromatic rings. The van der Waals surface area contributed by atoms with Gasteiger partial charge in [0.15, 0.2) is 0 Å². The first-order valence-corrected chi connectivity index (χ1v) is 9.04. The molecule has 2 heterocycles. The number of benzene rings is 2. The van der Waals surface area contributed by atoms with Crippen molar-refractivity contribution in [3.05, 3.63) is 101 Å². The minimum Gasteiger partial charge on any atom is -0.467 e. The standard InChI is InChI=1S/C22H19N3O3/c26-20(12-13-25-15-23-18-10-5-4-9-17(18)22(25)27)24-21(19-11-6-14-28-19)16-7-2-1-3-8-16/h1-11,14-15,21H,12-13H2,(H,24,26). The van der Waals surface area contributed by atoms with Gasteiger partial charge in [0.05, 0.1) is 23.5 Å². The van der Waals surface area contributed by atoms with Crippen LogP contribution in [0.2, 0.25) is 0 Å². The second-order valence-corrected chi connectivity index (χ2v) is 6.44. The molecule has 0 aliphatic heterocycles. The molecule has 0 aliphatic rings. The zero-order valence-corrected chi connectivity index (χ0v) is 15.1. The maximum absolute atomic E-state index is 12.6. The number of hydrogen-bond acceptors (Lipinski definition) is 4. The normalized spacial score (nSPS) is 12.0. The Kier molecular flexibility index (Phi) is 5.01. The summed E-state index contributed by atoms with van der Waals surface area (Å²) in [4.78, 5) is 29.4. The maximum Gasteiger partial charge on any atom is 0.261 e. The van der Waals surface area contributed by atoms with Crippen molar-refractivity contribution >= 4 is 16.8 Å². The molecule has 1 N–H and O–H groups in total. The highest BCUT2D eigenvalue weighted by atomic mass is 16.3. The predicted octanol–water partition coefficient (Wildman–Crippen LogP) is 3.29. The van der Waals surface area contributed by atoms with E-state index in [2.05, 4.69) is 10.3 Å². The number of furan rings is 1. The van der Waals surface area contributed by atoms with Gasteiger partial charge < -0.3 is 9.73 Å². The van der Waals surface area contributed by atoms with Crippen molar-refractivity contribution in [2.24, 2.45) is 0 Å². The second-order valence-electron chi connectivity index (χ2n) is 6.44. The fraction of sp³-hybridized carbons (Fsp3) is 0.136. The van der Waals surface area contributed by atoms with E-state index >= 15 is 0 Å². The first kappa shape index (κ1) is 17.7. The van der Waals surface area contributed by atoms with Gasteiger partial charge in [-0.2, -0.15) is 0 Å². The molecule has 1 unspecified atom stereocenters. The zero-order valence-electron chi connectivity index (χ0n) is 15.1. The maximum atomic E-state index is 12.6. The van der Waals surface area contributed by atoms with Gasteiger partial charge in [-0.1, -0.05) is 42.5 Å². The number of aromatic nitrogens is 2. The summed E-state index contributed by atoms with van der Waals surface area (Å²) >= 11 is 0. The van der Waals surface area contributed by atoms with Crippen molar-refractivity contribution in [1.29, 1.82) is 0 Å². The van der Waals surface area contributed by atoms with Crippen LogP contribution in [0.15, 0.2) is 88.5 Å². The highest BCUT2D eigenvalue weighted by Crippen LogP contribution is 2.22. The van der Waals surface area contributed by atoms with Crippen molar-refractivity contribution in [3.8, 4) is 0 Å². The molecule has 2 aromatic carbocycles. The number of carbonyl (C=O) groups is 1. The molecule has 6 nitrogen and oxygen atoms in total. The van der Waals surface area contributed by atoms with Crippen molar-refractivity contribution < 1.29 is 9.21 Å². The minimum atomic E-state index is -0.379. The van der Waals surface area contributed by atoms with Crippen LogP contribution in [-0.4, -0.2) is 15.5 Å². The number of aryl methyl sites for hydroxylation is 1. The third-order valence-electron chi connectivity index (χ3n) is 4.58. The lowest BCUT2D eigenvalue weighted by molar-refractivity contribution is -0.121. The number of para-hydroxylation sites is 1. The molecule has 28 heavy (non-hydrogen) atoms. The Bertz CT molecular complexity index is 1130. The molecule has 0 spiro atoms. The molecule has 6 heteroatoms. The molecule has 4 rings (SSSR count). The number of fused-ring (bicyclic) bond motifs is 1. The lowest BCUT2D eigenvalue weighted by Gasteiger charge is -2.17. The van der Waals surface area contributed by atoms with Crippen molar-refractivity contribution in [1.82, 2.24) is 14.9 Å². The Hall–Kier alpha value is -3.67. The van der Waals surface area contributed by atoms with Crippen LogP contribution in [0, 0.1) is 0 Å². The first-order valence-electron chi connectivity index (χ1n) is 9.04. The van der Waals surface area contributed by atoms with E-state index in [0.717, 1.165) is 5.56 Å². The highest BCUT2D eigenvalue weighted by molar-refractivity contribution is 5.78. The largest absolute Gasteiger partial charge is 0.467 e. The van der Waals surface area contributed by atoms with Gasteiger partial charge >= 0.3 is 0 Å². The van der Waals surface area contributed by atoms with E-state index in [4.69, 9.17) is 4.42 Å². The Morgan fingerprint density at radius 1 is 1.04 bits per heavy atom. The summed E-state index contributed by atoms with van der Waals surface area (Å²) in [5.41, 5.74) is 1.43. The van der Waals surface area contributed by atoms with E-state index in [1.807, 2.05) is 42.5 Å². The van der Waals surface area contributed by atoms with Crippen molar-refractivity contribution in [3.63, 3.8) is 0 Å². The number of rotatable bonds is 6. The van der Waals surface area contributed by atoms with Crippen LogP contribution in [0.5, 0.6) is 0 Å². The Morgan fingerprint density at radius 2 is 1.82 bits per heavy atom. The van der Waals surface area contributed by atoms with Gasteiger partial charge in [-0.25, -0.2) is 4.98 Å². The van der Waals surface area contributed by atoms with Crippen molar-refractivity contribution in [2.75, 3.05) is 0 Å². The SMILES string of the molecule is O=C(CCn1cnc2ccccc2c1=O)NC(c1ccccc1)c1ccco1. The number of nitrogens with zero attached hydrogens (tertiary/aromatic N) is 2. The van der Waals surface area contributed by atoms with E-state index in [-0.39, 0.29) is 30.5 Å². The zero-order chi connectivity index (χ0) is 19.3. The van der Waals surface area contributed by atoms with Gasteiger partial charge in [-0.3, -0.25) is 14.2 Å². The Morgan fingerprint density at radius 3 is 2.61 bits per heavy atom. The summed E-state index contributed by atoms with van der Waals surface area (Å²) in [5.74, 6) is 0.481. The van der Waals surface area contributed by atoms with E-state index in [9.17, 15) is 9.59 Å². The summed E-state index contributed by atoms with van der Waals surface area (Å²) in [5, 5.41) is 3.54. The molecule has 1 atom stereocenters. The number of hydrogen-bond donors (Lipinski definition) is 1. The molecule has 140 valence electrons. The van der Waals surface area contributed by atoms with Crippen LogP contribution in [-0.2, 0) is 11.3 Å². The summed E-state index contributed by atoms with van der Waals surface area (Å²) < 4.78 is 6.97. The molecule has 0 aliphatic carbocycles. The molecule has 0 saturated heterocycles. The molecule has 1 amide bonds. The second kappa shape index (κ2) is 7.92. The number of amides is 1. The molecule has 0 saturated carbocycles. The molecule has 2 aromatic heterocycles. The smallest absolute Gasteiger partial charge is 0.261 e. The average Bonchev–Trinajstić information content (AvgIpc) is 3.27. The van der Waals surface area contributed by atoms with E-state index in [1.54, 1.807) is 30.5 Å². The highest BCUT2D eigenvalue weighted by Gasteiger charge is 2.19. The van der Waals surface area contributed by atoms with E-state index in [1.165, 1.54) is 10.9 Å². The Labute approximate surface area is 161 Å². The average molecular weight is 373 g/mol. The van der Waals surface area contributed by atoms with Gasteiger partial charge in [0.2, 0.25) is 5.91 Å². The molecular formula is C22H19N3O3. The quantitative estimate of drug-likeness (QED) is 0.563. The number of carbonyl (C=O) groups excluding carboxylic acids is 1. The third-order valence-corrected chi connectivity index (χ3v) is 4.58. The lowest BCUT2D eigenvalue weighted by atomic mass is 10.0. The van der Waals surface area contributed by atoms with Gasteiger partial charge in [0.25, 0.3) is 5.56 Å². The van der Waals surface area contributed by atoms with Gasteiger partial charge in [-0.15, -0.1) is 0 Å². The summed E-state index contributed by atoms with van der Waals surface area (Å²) in [6.07, 6.45) is 3.22. The summed E-state index contributed by atoms with van der Waals surface area (Å²) in [6.45, 7) is 0.252. The minimum absolute atomic E-state index is 0.149. The van der Waals surface area contributed by atoms with Crippen LogP contribution in [0.3, 0.4) is 0 Å². The van der Waals surface area contributed by atoms with Crippen molar-refractivity contribution in [2.45, 2.75) is 19.0 Å². The topological polar surface area (TPSA) is 77.1 Å². The van der Waals surface area contributed by atoms with E-state index < -0.39 is 0 Å². The van der Waals surface area contributed by atoms with Gasteiger partial charge in [-0.05, 0) is 29.8 Å². The van der Waals surface area contributed by atoms with Gasteiger partial charge in [0.1, 0.15) is 11.8 Å². The van der Waals surface area contributed by atoms with Crippen LogP contribution in [0.25, 0.3) is 10.9 Å². The predicted molar refractivity (Wildman–Crippen MR) is 106 cm³/mol. The molecule has 0 bridgehead atoms. The lowest BCUT2D eigenvalue weighted by Crippen LogP contribution is -2.31. The Balaban J connectivity index is 1.49. The molecule has 0 fully saturated rings. The summed E-state index contributed by atoms with van der Waals surface area (Å²) in [7, 11) is 0. The first-order chi connectivity index (χ1) is 13.7. The van der Waals surface area contributed by atoms with Crippen LogP contribution in [0.4, 0.5) is 0 Å². The fourth-order valence-corrected chi connectivity index (χ4v) is 3.14. The number of nitrogens with one attached hydrogen (secondary N) is 1.